The van der Waals surface area contributed by atoms with E-state index in [1.54, 1.807) is 11.7 Å². The van der Waals surface area contributed by atoms with Gasteiger partial charge in [0.25, 0.3) is 5.91 Å². The molecule has 0 spiro atoms. The number of likely N-dealkylation sites (N-methyl/N-ethyl adjacent to an activating group) is 2. The van der Waals surface area contributed by atoms with E-state index in [1.807, 2.05) is 42.7 Å². The van der Waals surface area contributed by atoms with E-state index in [2.05, 4.69) is 22.2 Å². The fourth-order valence-corrected chi connectivity index (χ4v) is 3.71. The molecule has 3 heterocycles. The second-order valence-electron chi connectivity index (χ2n) is 7.18. The number of amidine groups is 1. The third-order valence-electron chi connectivity index (χ3n) is 5.19. The number of carbonyl (C=O) groups excluding carboxylic acids is 2. The zero-order chi connectivity index (χ0) is 20.0. The van der Waals surface area contributed by atoms with Crippen LogP contribution in [0.1, 0.15) is 17.0 Å². The van der Waals surface area contributed by atoms with Crippen LogP contribution in [0, 0.1) is 13.8 Å². The minimum Gasteiger partial charge on any atom is -0.270 e. The van der Waals surface area contributed by atoms with Crippen molar-refractivity contribution in [1.29, 1.82) is 0 Å². The van der Waals surface area contributed by atoms with Crippen LogP contribution in [0.4, 0.5) is 4.79 Å². The summed E-state index contributed by atoms with van der Waals surface area (Å²) in [6, 6.07) is 11.1. The van der Waals surface area contributed by atoms with Gasteiger partial charge in [-0.3, -0.25) is 14.6 Å². The first-order valence-corrected chi connectivity index (χ1v) is 9.23. The average molecular weight is 379 g/mol. The number of nitrogens with zero attached hydrogens (tertiary/aromatic N) is 6. The van der Waals surface area contributed by atoms with E-state index in [0.29, 0.717) is 18.3 Å². The highest BCUT2D eigenvalue weighted by Gasteiger charge is 2.52. The fourth-order valence-electron chi connectivity index (χ4n) is 3.71. The van der Waals surface area contributed by atoms with E-state index in [1.165, 1.54) is 17.5 Å². The van der Waals surface area contributed by atoms with Gasteiger partial charge >= 0.3 is 12.0 Å². The number of amides is 3. The van der Waals surface area contributed by atoms with Crippen molar-refractivity contribution >= 4 is 23.7 Å². The molecule has 144 valence electrons. The molecule has 1 saturated heterocycles. The summed E-state index contributed by atoms with van der Waals surface area (Å²) in [6.45, 7) is 4.45. The lowest BCUT2D eigenvalue weighted by Gasteiger charge is -2.31. The van der Waals surface area contributed by atoms with E-state index >= 15 is 0 Å². The van der Waals surface area contributed by atoms with Crippen molar-refractivity contribution in [3.8, 4) is 0 Å². The highest BCUT2D eigenvalue weighted by molar-refractivity contribution is 6.22. The van der Waals surface area contributed by atoms with Gasteiger partial charge in [0.15, 0.2) is 0 Å². The van der Waals surface area contributed by atoms with Crippen molar-refractivity contribution in [3.63, 3.8) is 0 Å². The van der Waals surface area contributed by atoms with Crippen LogP contribution in [-0.2, 0) is 11.2 Å². The monoisotopic (exact) mass is 379 g/mol. The highest BCUT2D eigenvalue weighted by atomic mass is 16.2. The molecular formula is C20H23N6O2+. The van der Waals surface area contributed by atoms with E-state index in [0.717, 1.165) is 22.7 Å². The lowest BCUT2D eigenvalue weighted by molar-refractivity contribution is -0.536. The van der Waals surface area contributed by atoms with Crippen LogP contribution < -0.4 is 0 Å². The number of aromatic nitrogens is 2. The van der Waals surface area contributed by atoms with Gasteiger partial charge in [0, 0.05) is 20.5 Å². The molecule has 1 fully saturated rings. The Morgan fingerprint density at radius 3 is 2.43 bits per heavy atom. The van der Waals surface area contributed by atoms with Gasteiger partial charge in [-0.25, -0.2) is 9.37 Å². The molecule has 1 aromatic carbocycles. The topological polar surface area (TPSA) is 73.8 Å². The minimum atomic E-state index is -0.629. The summed E-state index contributed by atoms with van der Waals surface area (Å²) in [5.74, 6) is 0.750. The normalized spacial score (nSPS) is 19.4. The molecule has 2 aromatic rings. The quantitative estimate of drug-likeness (QED) is 0.754. The first-order valence-electron chi connectivity index (χ1n) is 9.23. The van der Waals surface area contributed by atoms with Crippen molar-refractivity contribution in [2.45, 2.75) is 26.3 Å². The van der Waals surface area contributed by atoms with E-state index in [4.69, 9.17) is 0 Å². The maximum absolute atomic E-state index is 13.0. The first kappa shape index (κ1) is 18.1. The molecule has 0 radical (unpaired) electrons. The van der Waals surface area contributed by atoms with Crippen LogP contribution in [0.2, 0.25) is 0 Å². The van der Waals surface area contributed by atoms with Crippen molar-refractivity contribution in [2.75, 3.05) is 20.6 Å². The van der Waals surface area contributed by atoms with Gasteiger partial charge < -0.3 is 0 Å². The van der Waals surface area contributed by atoms with Gasteiger partial charge in [0.05, 0.1) is 12.2 Å². The lowest BCUT2D eigenvalue weighted by Crippen LogP contribution is -2.61. The second kappa shape index (κ2) is 6.70. The number of imide groups is 1. The molecular weight excluding hydrogens is 356 g/mol. The average Bonchev–Trinajstić information content (AvgIpc) is 3.23. The summed E-state index contributed by atoms with van der Waals surface area (Å²) in [4.78, 5) is 32.6. The standard InChI is InChI=1S/C20H23N6O2/c1-13-12-14(2)26(22-13)19-21-17-16(18(27)24(4)20(28)23(17)3)25(19)11-10-15-8-6-5-7-9-15/h5-9,12,16H,10-11H2,1-4H3/q+1. The number of hydrogen-bond donors (Lipinski definition) is 0. The summed E-state index contributed by atoms with van der Waals surface area (Å²) in [7, 11) is 3.16. The maximum atomic E-state index is 13.0. The molecule has 1 aromatic heterocycles. The summed E-state index contributed by atoms with van der Waals surface area (Å²) < 4.78 is 3.70. The van der Waals surface area contributed by atoms with Crippen LogP contribution in [0.25, 0.3) is 0 Å². The molecule has 4 rings (SSSR count). The maximum Gasteiger partial charge on any atom is 0.421 e. The zero-order valence-electron chi connectivity index (χ0n) is 16.5. The molecule has 0 bridgehead atoms. The van der Waals surface area contributed by atoms with Crippen LogP contribution >= 0.6 is 0 Å². The zero-order valence-corrected chi connectivity index (χ0v) is 16.5. The van der Waals surface area contributed by atoms with Crippen molar-refractivity contribution in [1.82, 2.24) is 19.6 Å². The second-order valence-corrected chi connectivity index (χ2v) is 7.18. The predicted molar refractivity (Wildman–Crippen MR) is 105 cm³/mol. The van der Waals surface area contributed by atoms with Crippen LogP contribution in [0.15, 0.2) is 41.4 Å². The van der Waals surface area contributed by atoms with Crippen molar-refractivity contribution in [2.24, 2.45) is 4.99 Å². The van der Waals surface area contributed by atoms with Crippen LogP contribution in [0.5, 0.6) is 0 Å². The Bertz CT molecular complexity index is 1020. The fraction of sp³-hybridized carbons (Fsp3) is 0.350. The van der Waals surface area contributed by atoms with E-state index < -0.39 is 6.04 Å². The Kier molecular flexibility index (Phi) is 4.33. The molecule has 8 heteroatoms. The van der Waals surface area contributed by atoms with Crippen LogP contribution in [0.3, 0.4) is 0 Å². The van der Waals surface area contributed by atoms with Gasteiger partial charge in [0.2, 0.25) is 11.9 Å². The Morgan fingerprint density at radius 1 is 1.07 bits per heavy atom. The minimum absolute atomic E-state index is 0.272. The van der Waals surface area contributed by atoms with Crippen molar-refractivity contribution in [3.05, 3.63) is 53.3 Å². The van der Waals surface area contributed by atoms with E-state index in [-0.39, 0.29) is 11.9 Å². The summed E-state index contributed by atoms with van der Waals surface area (Å²) in [5.41, 5.74) is 2.97. The molecule has 0 saturated carbocycles. The van der Waals surface area contributed by atoms with Gasteiger partial charge in [0.1, 0.15) is 5.69 Å². The first-order chi connectivity index (χ1) is 13.4. The number of rotatable bonds is 3. The number of benzene rings is 1. The predicted octanol–water partition coefficient (Wildman–Crippen LogP) is 1.26. The third-order valence-corrected chi connectivity index (χ3v) is 5.19. The largest absolute Gasteiger partial charge is 0.421 e. The van der Waals surface area contributed by atoms with Crippen molar-refractivity contribution < 1.29 is 14.2 Å². The number of fused-ring (bicyclic) bond motifs is 1. The number of urea groups is 1. The molecule has 2 aliphatic rings. The molecule has 2 aliphatic heterocycles. The number of hydrogen-bond acceptors (Lipinski definition) is 4. The Morgan fingerprint density at radius 2 is 1.79 bits per heavy atom. The van der Waals surface area contributed by atoms with Gasteiger partial charge in [-0.05, 0) is 25.5 Å². The number of aliphatic imine (C=N–C) groups is 1. The summed E-state index contributed by atoms with van der Waals surface area (Å²) >= 11 is 0. The Balaban J connectivity index is 1.79. The number of carbonyl (C=O) groups is 2. The third kappa shape index (κ3) is 2.81. The molecule has 0 aliphatic carbocycles. The summed E-state index contributed by atoms with van der Waals surface area (Å²) in [5, 5.41) is 4.55. The van der Waals surface area contributed by atoms with E-state index in [9.17, 15) is 9.59 Å². The smallest absolute Gasteiger partial charge is 0.270 e. The Labute approximate surface area is 163 Å². The Hall–Kier alpha value is -3.29. The molecule has 1 unspecified atom stereocenters. The van der Waals surface area contributed by atoms with Gasteiger partial charge in [-0.15, -0.1) is 9.78 Å². The summed E-state index contributed by atoms with van der Waals surface area (Å²) in [6.07, 6.45) is 0.748. The van der Waals surface area contributed by atoms with Gasteiger partial charge in [-0.2, -0.15) is 0 Å². The molecule has 28 heavy (non-hydrogen) atoms. The molecule has 1 atom stereocenters. The molecule has 0 N–H and O–H groups in total. The highest BCUT2D eigenvalue weighted by Crippen LogP contribution is 2.20. The van der Waals surface area contributed by atoms with Gasteiger partial charge in [-0.1, -0.05) is 35.3 Å². The molecule has 3 amide bonds. The SMILES string of the molecule is Cc1cc(C)n(C2=[N+](CCc3ccccc3)C3C(=O)N(C)C(=O)N(C)C3=N2)n1. The van der Waals surface area contributed by atoms with Crippen LogP contribution in [-0.4, -0.2) is 74.6 Å². The number of aryl methyl sites for hydroxylation is 2. The lowest BCUT2D eigenvalue weighted by atomic mass is 10.1. The molecule has 8 nitrogen and oxygen atoms in total.